The van der Waals surface area contributed by atoms with Crippen LogP contribution < -0.4 is 5.32 Å². The number of anilines is 1. The molecule has 0 unspecified atom stereocenters. The number of nitrogens with zero attached hydrogens (tertiary/aromatic N) is 2. The minimum atomic E-state index is -3.37. The van der Waals surface area contributed by atoms with E-state index in [1.807, 2.05) is 17.5 Å². The summed E-state index contributed by atoms with van der Waals surface area (Å²) in [6.07, 6.45) is 1.12. The zero-order chi connectivity index (χ0) is 18.0. The molecule has 8 heteroatoms. The molecule has 0 atom stereocenters. The molecule has 0 bridgehead atoms. The third-order valence-corrected chi connectivity index (χ3v) is 5.30. The average Bonchev–Trinajstić information content (AvgIpc) is 3.09. The van der Waals surface area contributed by atoms with Gasteiger partial charge in [0.25, 0.3) is 5.91 Å². The summed E-state index contributed by atoms with van der Waals surface area (Å²) in [7, 11) is -3.37. The molecule has 3 rings (SSSR count). The number of benzene rings is 2. The van der Waals surface area contributed by atoms with Gasteiger partial charge in [0, 0.05) is 28.5 Å². The molecule has 0 saturated heterocycles. The lowest BCUT2D eigenvalue weighted by Gasteiger charge is -2.09. The quantitative estimate of drug-likeness (QED) is 0.759. The van der Waals surface area contributed by atoms with Crippen molar-refractivity contribution in [2.75, 3.05) is 11.6 Å². The van der Waals surface area contributed by atoms with Crippen LogP contribution >= 0.6 is 11.5 Å². The van der Waals surface area contributed by atoms with Crippen molar-refractivity contribution < 1.29 is 13.2 Å². The molecule has 0 aliphatic heterocycles. The van der Waals surface area contributed by atoms with Crippen molar-refractivity contribution in [3.8, 4) is 11.3 Å². The van der Waals surface area contributed by atoms with Crippen LogP contribution in [0.5, 0.6) is 0 Å². The third kappa shape index (κ3) is 3.92. The molecule has 0 radical (unpaired) electrons. The molecular weight excluding hydrogens is 358 g/mol. The maximum atomic E-state index is 12.5. The van der Waals surface area contributed by atoms with Gasteiger partial charge in [0.1, 0.15) is 5.69 Å². The van der Waals surface area contributed by atoms with Crippen molar-refractivity contribution >= 4 is 33.0 Å². The lowest BCUT2D eigenvalue weighted by atomic mass is 10.1. The van der Waals surface area contributed by atoms with Gasteiger partial charge in [-0.2, -0.15) is 0 Å². The molecule has 0 aliphatic carbocycles. The first-order valence-corrected chi connectivity index (χ1v) is 10.1. The standard InChI is InChI=1S/C17H15N3O3S2/c1-11-3-8-14(25(2,22)23)9-15(11)17(21)18-13-6-4-12(5-7-13)16-10-24-20-19-16/h3-10H,1-2H3,(H,18,21). The number of aromatic nitrogens is 2. The Labute approximate surface area is 149 Å². The summed E-state index contributed by atoms with van der Waals surface area (Å²) >= 11 is 1.27. The van der Waals surface area contributed by atoms with E-state index in [-0.39, 0.29) is 10.8 Å². The van der Waals surface area contributed by atoms with Crippen LogP contribution in [0.25, 0.3) is 11.3 Å². The van der Waals surface area contributed by atoms with Gasteiger partial charge in [-0.3, -0.25) is 4.79 Å². The first kappa shape index (κ1) is 17.2. The lowest BCUT2D eigenvalue weighted by molar-refractivity contribution is 0.102. The minimum Gasteiger partial charge on any atom is -0.322 e. The Morgan fingerprint density at radius 1 is 1.12 bits per heavy atom. The second kappa shape index (κ2) is 6.73. The van der Waals surface area contributed by atoms with E-state index < -0.39 is 9.84 Å². The number of sulfone groups is 1. The topological polar surface area (TPSA) is 89.0 Å². The van der Waals surface area contributed by atoms with Crippen LogP contribution in [0.3, 0.4) is 0 Å². The van der Waals surface area contributed by atoms with Crippen LogP contribution in [0, 0.1) is 6.92 Å². The minimum absolute atomic E-state index is 0.120. The Balaban J connectivity index is 1.83. The highest BCUT2D eigenvalue weighted by Gasteiger charge is 2.14. The number of nitrogens with one attached hydrogen (secondary N) is 1. The Kier molecular flexibility index (Phi) is 4.65. The zero-order valence-electron chi connectivity index (χ0n) is 13.6. The summed E-state index contributed by atoms with van der Waals surface area (Å²) in [5.41, 5.74) is 3.33. The van der Waals surface area contributed by atoms with E-state index in [1.165, 1.54) is 23.7 Å². The van der Waals surface area contributed by atoms with Gasteiger partial charge >= 0.3 is 0 Å². The molecule has 1 N–H and O–H groups in total. The number of hydrogen-bond donors (Lipinski definition) is 1. The van der Waals surface area contributed by atoms with E-state index in [0.29, 0.717) is 16.8 Å². The van der Waals surface area contributed by atoms with Gasteiger partial charge in [0.2, 0.25) is 0 Å². The summed E-state index contributed by atoms with van der Waals surface area (Å²) in [4.78, 5) is 12.6. The molecule has 2 aromatic carbocycles. The monoisotopic (exact) mass is 373 g/mol. The highest BCUT2D eigenvalue weighted by molar-refractivity contribution is 7.90. The first-order chi connectivity index (χ1) is 11.8. The Morgan fingerprint density at radius 2 is 1.84 bits per heavy atom. The Morgan fingerprint density at radius 3 is 2.44 bits per heavy atom. The highest BCUT2D eigenvalue weighted by atomic mass is 32.2. The van der Waals surface area contributed by atoms with Gasteiger partial charge in [-0.05, 0) is 48.3 Å². The fourth-order valence-electron chi connectivity index (χ4n) is 2.29. The van der Waals surface area contributed by atoms with E-state index in [2.05, 4.69) is 14.9 Å². The summed E-state index contributed by atoms with van der Waals surface area (Å²) in [5, 5.41) is 8.62. The van der Waals surface area contributed by atoms with Crippen LogP contribution in [0.2, 0.25) is 0 Å². The summed E-state index contributed by atoms with van der Waals surface area (Å²) in [6, 6.07) is 11.7. The molecule has 1 amide bonds. The van der Waals surface area contributed by atoms with Crippen molar-refractivity contribution in [3.05, 3.63) is 59.0 Å². The molecular formula is C17H15N3O3S2. The molecule has 1 heterocycles. The van der Waals surface area contributed by atoms with Crippen molar-refractivity contribution in [2.24, 2.45) is 0 Å². The number of rotatable bonds is 4. The smallest absolute Gasteiger partial charge is 0.255 e. The predicted molar refractivity (Wildman–Crippen MR) is 97.6 cm³/mol. The second-order valence-electron chi connectivity index (χ2n) is 5.57. The Hall–Kier alpha value is -2.58. The van der Waals surface area contributed by atoms with E-state index in [0.717, 1.165) is 17.5 Å². The zero-order valence-corrected chi connectivity index (χ0v) is 15.2. The van der Waals surface area contributed by atoms with Crippen molar-refractivity contribution in [1.29, 1.82) is 0 Å². The average molecular weight is 373 g/mol. The largest absolute Gasteiger partial charge is 0.322 e. The molecule has 0 aliphatic rings. The molecule has 0 fully saturated rings. The summed E-state index contributed by atoms with van der Waals surface area (Å²) in [6.45, 7) is 1.76. The normalized spacial score (nSPS) is 11.3. The van der Waals surface area contributed by atoms with Gasteiger partial charge in [-0.1, -0.05) is 22.7 Å². The van der Waals surface area contributed by atoms with Gasteiger partial charge in [-0.15, -0.1) is 5.10 Å². The van der Waals surface area contributed by atoms with Crippen LogP contribution in [0.1, 0.15) is 15.9 Å². The molecule has 25 heavy (non-hydrogen) atoms. The second-order valence-corrected chi connectivity index (χ2v) is 8.20. The number of hydrogen-bond acceptors (Lipinski definition) is 6. The first-order valence-electron chi connectivity index (χ1n) is 7.34. The van der Waals surface area contributed by atoms with E-state index in [4.69, 9.17) is 0 Å². The number of carbonyl (C=O) groups excluding carboxylic acids is 1. The van der Waals surface area contributed by atoms with Crippen LogP contribution in [-0.4, -0.2) is 30.2 Å². The summed E-state index contributed by atoms with van der Waals surface area (Å²) in [5.74, 6) is -0.355. The highest BCUT2D eigenvalue weighted by Crippen LogP contribution is 2.21. The van der Waals surface area contributed by atoms with Crippen molar-refractivity contribution in [3.63, 3.8) is 0 Å². The van der Waals surface area contributed by atoms with Crippen molar-refractivity contribution in [1.82, 2.24) is 9.59 Å². The maximum Gasteiger partial charge on any atom is 0.255 e. The molecule has 1 aromatic heterocycles. The molecule has 3 aromatic rings. The third-order valence-electron chi connectivity index (χ3n) is 3.68. The van der Waals surface area contributed by atoms with Gasteiger partial charge < -0.3 is 5.32 Å². The van der Waals surface area contributed by atoms with Crippen LogP contribution in [0.15, 0.2) is 52.7 Å². The number of carbonyl (C=O) groups is 1. The van der Waals surface area contributed by atoms with Crippen molar-refractivity contribution in [2.45, 2.75) is 11.8 Å². The SMILES string of the molecule is Cc1ccc(S(C)(=O)=O)cc1C(=O)Nc1ccc(-c2csnn2)cc1. The molecule has 6 nitrogen and oxygen atoms in total. The van der Waals surface area contributed by atoms with Crippen LogP contribution in [0.4, 0.5) is 5.69 Å². The predicted octanol–water partition coefficient (Wildman–Crippen LogP) is 3.17. The van der Waals surface area contributed by atoms with E-state index in [1.54, 1.807) is 25.1 Å². The summed E-state index contributed by atoms with van der Waals surface area (Å²) < 4.78 is 27.2. The maximum absolute atomic E-state index is 12.5. The van der Waals surface area contributed by atoms with Gasteiger partial charge in [0.05, 0.1) is 4.90 Å². The van der Waals surface area contributed by atoms with Crippen LogP contribution in [-0.2, 0) is 9.84 Å². The van der Waals surface area contributed by atoms with E-state index in [9.17, 15) is 13.2 Å². The fraction of sp³-hybridized carbons (Fsp3) is 0.118. The Bertz CT molecular complexity index is 1010. The van der Waals surface area contributed by atoms with Gasteiger partial charge in [-0.25, -0.2) is 8.42 Å². The lowest BCUT2D eigenvalue weighted by Crippen LogP contribution is -2.14. The fourth-order valence-corrected chi connectivity index (χ4v) is 3.40. The number of aryl methyl sites for hydroxylation is 1. The van der Waals surface area contributed by atoms with E-state index >= 15 is 0 Å². The van der Waals surface area contributed by atoms with Gasteiger partial charge in [0.15, 0.2) is 9.84 Å². The number of amides is 1. The molecule has 0 spiro atoms. The molecule has 0 saturated carbocycles. The molecule has 128 valence electrons.